The van der Waals surface area contributed by atoms with E-state index in [1.165, 1.54) is 6.92 Å². The van der Waals surface area contributed by atoms with Crippen LogP contribution >= 0.6 is 11.8 Å². The van der Waals surface area contributed by atoms with Crippen LogP contribution < -0.4 is 14.8 Å². The predicted molar refractivity (Wildman–Crippen MR) is 118 cm³/mol. The van der Waals surface area contributed by atoms with Crippen LogP contribution in [0.1, 0.15) is 24.2 Å². The van der Waals surface area contributed by atoms with Crippen molar-refractivity contribution in [2.45, 2.75) is 26.1 Å². The fourth-order valence-electron chi connectivity index (χ4n) is 3.93. The Hall–Kier alpha value is -2.61. The van der Waals surface area contributed by atoms with Gasteiger partial charge in [-0.1, -0.05) is 18.2 Å². The maximum atomic E-state index is 14.5. The SMILES string of the molecule is CSCC(C)(C(Nc1cccc2nc(C)ccc12)c1cccc2c1OCO2)C(F)(F)F. The van der Waals surface area contributed by atoms with Gasteiger partial charge in [0.15, 0.2) is 11.5 Å². The Kier molecular flexibility index (Phi) is 5.68. The van der Waals surface area contributed by atoms with Gasteiger partial charge in [-0.3, -0.25) is 4.98 Å². The molecule has 0 amide bonds. The van der Waals surface area contributed by atoms with Crippen LogP contribution in [0.5, 0.6) is 11.5 Å². The lowest BCUT2D eigenvalue weighted by Crippen LogP contribution is -2.45. The molecule has 3 aromatic rings. The number of nitrogens with zero attached hydrogens (tertiary/aromatic N) is 1. The highest BCUT2D eigenvalue weighted by atomic mass is 32.2. The minimum absolute atomic E-state index is 0.0121. The van der Waals surface area contributed by atoms with E-state index in [0.717, 1.165) is 28.4 Å². The van der Waals surface area contributed by atoms with E-state index in [-0.39, 0.29) is 12.5 Å². The Morgan fingerprint density at radius 1 is 1.10 bits per heavy atom. The second-order valence-corrected chi connectivity index (χ2v) is 8.70. The van der Waals surface area contributed by atoms with Crippen LogP contribution in [-0.2, 0) is 0 Å². The van der Waals surface area contributed by atoms with Gasteiger partial charge in [-0.15, -0.1) is 0 Å². The number of pyridine rings is 1. The summed E-state index contributed by atoms with van der Waals surface area (Å²) in [6, 6.07) is 13.1. The van der Waals surface area contributed by atoms with E-state index in [1.807, 2.05) is 25.1 Å². The molecule has 0 saturated heterocycles. The van der Waals surface area contributed by atoms with Crippen LogP contribution in [0.4, 0.5) is 18.9 Å². The van der Waals surface area contributed by atoms with E-state index in [9.17, 15) is 13.2 Å². The summed E-state index contributed by atoms with van der Waals surface area (Å²) >= 11 is 1.16. The molecule has 1 N–H and O–H groups in total. The molecule has 0 bridgehead atoms. The van der Waals surface area contributed by atoms with Crippen molar-refractivity contribution in [2.75, 3.05) is 24.1 Å². The van der Waals surface area contributed by atoms with Crippen LogP contribution in [-0.4, -0.2) is 30.0 Å². The van der Waals surface area contributed by atoms with E-state index >= 15 is 0 Å². The summed E-state index contributed by atoms with van der Waals surface area (Å²) in [5, 5.41) is 3.97. The molecule has 0 aliphatic carbocycles. The van der Waals surface area contributed by atoms with E-state index in [2.05, 4.69) is 10.3 Å². The van der Waals surface area contributed by atoms with Gasteiger partial charge in [-0.2, -0.15) is 24.9 Å². The van der Waals surface area contributed by atoms with Gasteiger partial charge in [-0.25, -0.2) is 0 Å². The number of halogens is 3. The number of aryl methyl sites for hydroxylation is 1. The zero-order valence-electron chi connectivity index (χ0n) is 17.4. The van der Waals surface area contributed by atoms with Crippen molar-refractivity contribution in [3.05, 3.63) is 59.8 Å². The maximum absolute atomic E-state index is 14.5. The molecule has 0 fully saturated rings. The van der Waals surface area contributed by atoms with E-state index in [1.54, 1.807) is 36.6 Å². The molecule has 2 unspecified atom stereocenters. The molecule has 1 aliphatic heterocycles. The van der Waals surface area contributed by atoms with E-state index in [4.69, 9.17) is 9.47 Å². The predicted octanol–water partition coefficient (Wildman–Crippen LogP) is 6.36. The molecule has 1 aromatic heterocycles. The minimum Gasteiger partial charge on any atom is -0.454 e. The van der Waals surface area contributed by atoms with Crippen molar-refractivity contribution in [1.82, 2.24) is 4.98 Å². The van der Waals surface area contributed by atoms with Gasteiger partial charge in [0, 0.05) is 28.1 Å². The first kappa shape index (κ1) is 21.6. The number of hydrogen-bond donors (Lipinski definition) is 1. The Bertz CT molecular complexity index is 1110. The number of para-hydroxylation sites is 1. The number of anilines is 1. The first-order valence-corrected chi connectivity index (χ1v) is 11.2. The third-order valence-corrected chi connectivity index (χ3v) is 6.53. The highest BCUT2D eigenvalue weighted by molar-refractivity contribution is 7.98. The van der Waals surface area contributed by atoms with Crippen molar-refractivity contribution in [2.24, 2.45) is 5.41 Å². The standard InChI is InChI=1S/C23H23F3N2O2S/c1-14-10-11-15-17(27-14)7-5-8-18(15)28-21(22(2,12-31-3)23(24,25)26)16-6-4-9-19-20(16)30-13-29-19/h4-11,21,28H,12-13H2,1-3H3. The summed E-state index contributed by atoms with van der Waals surface area (Å²) in [6.45, 7) is 3.12. The van der Waals surface area contributed by atoms with Crippen molar-refractivity contribution in [3.8, 4) is 11.5 Å². The Morgan fingerprint density at radius 2 is 1.87 bits per heavy atom. The summed E-state index contributed by atoms with van der Waals surface area (Å²) in [5.74, 6) is 0.680. The van der Waals surface area contributed by atoms with Gasteiger partial charge in [-0.05, 0) is 50.4 Å². The summed E-state index contributed by atoms with van der Waals surface area (Å²) in [6.07, 6.45) is -2.78. The lowest BCUT2D eigenvalue weighted by Gasteiger charge is -2.40. The van der Waals surface area contributed by atoms with Crippen LogP contribution in [0.25, 0.3) is 10.9 Å². The second kappa shape index (κ2) is 8.15. The van der Waals surface area contributed by atoms with Crippen molar-refractivity contribution in [1.29, 1.82) is 0 Å². The second-order valence-electron chi connectivity index (χ2n) is 7.83. The lowest BCUT2D eigenvalue weighted by atomic mass is 9.78. The molecule has 31 heavy (non-hydrogen) atoms. The Balaban J connectivity index is 1.89. The molecule has 1 aliphatic rings. The number of aromatic nitrogens is 1. The third kappa shape index (κ3) is 3.89. The van der Waals surface area contributed by atoms with Gasteiger partial charge in [0.1, 0.15) is 0 Å². The van der Waals surface area contributed by atoms with Gasteiger partial charge in [0.05, 0.1) is 17.0 Å². The molecule has 2 heterocycles. The molecular weight excluding hydrogens is 425 g/mol. The van der Waals surface area contributed by atoms with Crippen molar-refractivity contribution >= 4 is 28.4 Å². The molecule has 0 radical (unpaired) electrons. The summed E-state index contributed by atoms with van der Waals surface area (Å²) in [7, 11) is 0. The molecule has 4 rings (SSSR count). The largest absolute Gasteiger partial charge is 0.454 e. The average molecular weight is 449 g/mol. The number of alkyl halides is 3. The molecule has 2 atom stereocenters. The number of nitrogens with one attached hydrogen (secondary N) is 1. The summed E-state index contributed by atoms with van der Waals surface area (Å²) in [5.41, 5.74) is 0.493. The van der Waals surface area contributed by atoms with Crippen molar-refractivity contribution in [3.63, 3.8) is 0 Å². The van der Waals surface area contributed by atoms with Gasteiger partial charge < -0.3 is 14.8 Å². The van der Waals surface area contributed by atoms with E-state index < -0.39 is 17.6 Å². The van der Waals surface area contributed by atoms with Gasteiger partial charge in [0.2, 0.25) is 6.79 Å². The number of thioether (sulfide) groups is 1. The summed E-state index contributed by atoms with van der Waals surface area (Å²) < 4.78 is 54.6. The first-order chi connectivity index (χ1) is 14.7. The fraction of sp³-hybridized carbons (Fsp3) is 0.348. The van der Waals surface area contributed by atoms with Crippen LogP contribution in [0.15, 0.2) is 48.5 Å². The van der Waals surface area contributed by atoms with Crippen LogP contribution in [0.2, 0.25) is 0 Å². The number of rotatable bonds is 6. The summed E-state index contributed by atoms with van der Waals surface area (Å²) in [4.78, 5) is 4.51. The zero-order chi connectivity index (χ0) is 22.2. The normalized spacial score (nSPS) is 16.2. The number of benzene rings is 2. The molecule has 0 spiro atoms. The Labute approximate surface area is 183 Å². The Morgan fingerprint density at radius 3 is 2.61 bits per heavy atom. The minimum atomic E-state index is -4.46. The third-order valence-electron chi connectivity index (χ3n) is 5.64. The molecule has 4 nitrogen and oxygen atoms in total. The van der Waals surface area contributed by atoms with Crippen LogP contribution in [0.3, 0.4) is 0 Å². The van der Waals surface area contributed by atoms with Crippen molar-refractivity contribution < 1.29 is 22.6 Å². The molecule has 0 saturated carbocycles. The first-order valence-electron chi connectivity index (χ1n) is 9.81. The van der Waals surface area contributed by atoms with E-state index in [0.29, 0.717) is 22.7 Å². The lowest BCUT2D eigenvalue weighted by molar-refractivity contribution is -0.215. The molecule has 8 heteroatoms. The topological polar surface area (TPSA) is 43.4 Å². The fourth-order valence-corrected chi connectivity index (χ4v) is 4.86. The number of fused-ring (bicyclic) bond motifs is 2. The smallest absolute Gasteiger partial charge is 0.397 e. The quantitative estimate of drug-likeness (QED) is 0.476. The van der Waals surface area contributed by atoms with Crippen LogP contribution in [0, 0.1) is 12.3 Å². The monoisotopic (exact) mass is 448 g/mol. The molecule has 164 valence electrons. The highest BCUT2D eigenvalue weighted by Crippen LogP contribution is 2.53. The zero-order valence-corrected chi connectivity index (χ0v) is 18.2. The highest BCUT2D eigenvalue weighted by Gasteiger charge is 2.57. The van der Waals surface area contributed by atoms with Gasteiger partial charge >= 0.3 is 6.18 Å². The molecular formula is C23H23F3N2O2S. The van der Waals surface area contributed by atoms with Gasteiger partial charge in [0.25, 0.3) is 0 Å². The number of hydrogen-bond acceptors (Lipinski definition) is 5. The molecule has 2 aromatic carbocycles. The maximum Gasteiger partial charge on any atom is 0.397 e. The number of ether oxygens (including phenoxy) is 2. The average Bonchev–Trinajstić information content (AvgIpc) is 3.20.